The average Bonchev–Trinajstić information content (AvgIpc) is 2.06. The quantitative estimate of drug-likeness (QED) is 0.404. The highest BCUT2D eigenvalue weighted by atomic mass is 16.5. The minimum absolute atomic E-state index is 0.371. The molecule has 0 atom stereocenters. The van der Waals surface area contributed by atoms with Gasteiger partial charge in [-0.2, -0.15) is 4.73 Å². The van der Waals surface area contributed by atoms with Gasteiger partial charge in [-0.3, -0.25) is 0 Å². The highest BCUT2D eigenvalue weighted by Crippen LogP contribution is 2.12. The Balaban J connectivity index is 2.60. The highest BCUT2D eigenvalue weighted by molar-refractivity contribution is 5.50. The molecule has 2 heterocycles. The van der Waals surface area contributed by atoms with Crippen molar-refractivity contribution in [2.75, 3.05) is 0 Å². The van der Waals surface area contributed by atoms with E-state index in [0.29, 0.717) is 12.3 Å². The number of aromatic nitrogens is 1. The third-order valence-electron chi connectivity index (χ3n) is 1.66. The molecule has 0 bridgehead atoms. The minimum atomic E-state index is 0.371. The highest BCUT2D eigenvalue weighted by Gasteiger charge is 2.12. The lowest BCUT2D eigenvalue weighted by Crippen LogP contribution is -2.33. The molecule has 0 radical (unpaired) electrons. The zero-order chi connectivity index (χ0) is 7.68. The van der Waals surface area contributed by atoms with Crippen LogP contribution < -0.4 is 4.73 Å². The van der Waals surface area contributed by atoms with E-state index in [4.69, 9.17) is 4.74 Å². The van der Waals surface area contributed by atoms with Gasteiger partial charge in [0.05, 0.1) is 6.26 Å². The van der Waals surface area contributed by atoms with Gasteiger partial charge < -0.3 is 9.94 Å². The maximum absolute atomic E-state index is 11.1. The molecule has 2 rings (SSSR count). The topological polar surface area (TPSA) is 36.2 Å². The third-order valence-corrected chi connectivity index (χ3v) is 1.66. The number of hydrogen-bond donors (Lipinski definition) is 0. The fourth-order valence-electron chi connectivity index (χ4n) is 1.09. The Bertz CT molecular complexity index is 307. The summed E-state index contributed by atoms with van der Waals surface area (Å²) in [7, 11) is 0. The number of hydrogen-bond acceptors (Lipinski definition) is 2. The molecule has 0 saturated heterocycles. The van der Waals surface area contributed by atoms with Crippen molar-refractivity contribution in [3.8, 4) is 0 Å². The molecule has 1 aliphatic heterocycles. The van der Waals surface area contributed by atoms with Crippen LogP contribution in [-0.4, -0.2) is 0 Å². The van der Waals surface area contributed by atoms with Crippen LogP contribution in [0.25, 0.3) is 6.08 Å². The van der Waals surface area contributed by atoms with Crippen molar-refractivity contribution in [3.63, 3.8) is 0 Å². The third kappa shape index (κ3) is 0.941. The van der Waals surface area contributed by atoms with E-state index in [1.54, 1.807) is 18.4 Å². The molecular weight excluding hydrogens is 142 g/mol. The number of fused-ring (bicyclic) bond motifs is 1. The lowest BCUT2D eigenvalue weighted by atomic mass is 10.2. The molecule has 0 spiro atoms. The lowest BCUT2D eigenvalue weighted by molar-refractivity contribution is -0.616. The molecule has 0 fully saturated rings. The van der Waals surface area contributed by atoms with E-state index < -0.39 is 0 Å². The summed E-state index contributed by atoms with van der Waals surface area (Å²) in [6.45, 7) is 0.371. The molecule has 0 N–H and O–H groups in total. The standard InChI is InChI=1S/C8H7NO2/c10-9-4-1-2-7-3-5-11-6-8(7)9/h1-5H,6H2. The van der Waals surface area contributed by atoms with Crippen molar-refractivity contribution < 1.29 is 9.47 Å². The average molecular weight is 149 g/mol. The van der Waals surface area contributed by atoms with Gasteiger partial charge in [0.2, 0.25) is 5.69 Å². The van der Waals surface area contributed by atoms with Crippen LogP contribution in [0.15, 0.2) is 24.6 Å². The SMILES string of the molecule is [O-][n+]1cccc2c1COC=C2. The van der Waals surface area contributed by atoms with Crippen molar-refractivity contribution in [1.82, 2.24) is 0 Å². The maximum atomic E-state index is 11.1. The first kappa shape index (κ1) is 6.22. The molecular formula is C8H7NO2. The van der Waals surface area contributed by atoms with Gasteiger partial charge in [-0.15, -0.1) is 0 Å². The number of pyridine rings is 1. The van der Waals surface area contributed by atoms with E-state index in [0.717, 1.165) is 10.3 Å². The molecule has 1 aliphatic rings. The second-order valence-electron chi connectivity index (χ2n) is 2.35. The second-order valence-corrected chi connectivity index (χ2v) is 2.35. The van der Waals surface area contributed by atoms with Crippen LogP contribution in [0.2, 0.25) is 0 Å². The van der Waals surface area contributed by atoms with Crippen molar-refractivity contribution in [1.29, 1.82) is 0 Å². The number of nitrogens with zero attached hydrogens (tertiary/aromatic N) is 1. The Labute approximate surface area is 64.1 Å². The van der Waals surface area contributed by atoms with Gasteiger partial charge in [0.1, 0.15) is 0 Å². The monoisotopic (exact) mass is 149 g/mol. The summed E-state index contributed by atoms with van der Waals surface area (Å²) in [4.78, 5) is 0. The summed E-state index contributed by atoms with van der Waals surface area (Å²) >= 11 is 0. The van der Waals surface area contributed by atoms with Crippen LogP contribution in [0.3, 0.4) is 0 Å². The molecule has 1 aromatic rings. The van der Waals surface area contributed by atoms with Gasteiger partial charge in [-0.05, 0) is 12.1 Å². The van der Waals surface area contributed by atoms with Crippen molar-refractivity contribution >= 4 is 6.08 Å². The molecule has 0 unspecified atom stereocenters. The van der Waals surface area contributed by atoms with Gasteiger partial charge in [0.25, 0.3) is 0 Å². The molecule has 11 heavy (non-hydrogen) atoms. The van der Waals surface area contributed by atoms with Crippen LogP contribution in [0.5, 0.6) is 0 Å². The predicted molar refractivity (Wildman–Crippen MR) is 39.2 cm³/mol. The summed E-state index contributed by atoms with van der Waals surface area (Å²) in [5.74, 6) is 0. The predicted octanol–water partition coefficient (Wildman–Crippen LogP) is 0.821. The van der Waals surface area contributed by atoms with Crippen LogP contribution in [0, 0.1) is 5.21 Å². The Morgan fingerprint density at radius 2 is 2.45 bits per heavy atom. The zero-order valence-electron chi connectivity index (χ0n) is 5.86. The van der Waals surface area contributed by atoms with Crippen LogP contribution in [-0.2, 0) is 11.3 Å². The fraction of sp³-hybridized carbons (Fsp3) is 0.125. The second kappa shape index (κ2) is 2.27. The van der Waals surface area contributed by atoms with Crippen molar-refractivity contribution in [2.45, 2.75) is 6.61 Å². The molecule has 0 aromatic carbocycles. The first-order valence-corrected chi connectivity index (χ1v) is 3.37. The van der Waals surface area contributed by atoms with Crippen molar-refractivity contribution in [2.24, 2.45) is 0 Å². The number of ether oxygens (including phenoxy) is 1. The number of rotatable bonds is 0. The molecule has 0 saturated carbocycles. The molecule has 56 valence electrons. The van der Waals surface area contributed by atoms with E-state index in [-0.39, 0.29) is 0 Å². The first-order chi connectivity index (χ1) is 5.38. The summed E-state index contributed by atoms with van der Waals surface area (Å²) < 4.78 is 5.81. The normalized spacial score (nSPS) is 13.8. The molecule has 0 amide bonds. The Hall–Kier alpha value is -1.51. The van der Waals surface area contributed by atoms with E-state index in [1.807, 2.05) is 6.07 Å². The van der Waals surface area contributed by atoms with Gasteiger partial charge in [-0.25, -0.2) is 0 Å². The molecule has 0 aliphatic carbocycles. The summed E-state index contributed by atoms with van der Waals surface area (Å²) in [6, 6.07) is 3.62. The first-order valence-electron chi connectivity index (χ1n) is 3.37. The molecule has 1 aromatic heterocycles. The maximum Gasteiger partial charge on any atom is 0.237 e. The Kier molecular flexibility index (Phi) is 1.28. The minimum Gasteiger partial charge on any atom is -0.618 e. The van der Waals surface area contributed by atoms with E-state index in [9.17, 15) is 5.21 Å². The molecule has 3 nitrogen and oxygen atoms in total. The van der Waals surface area contributed by atoms with Crippen molar-refractivity contribution in [3.05, 3.63) is 41.1 Å². The summed E-state index contributed by atoms with van der Waals surface area (Å²) in [5.41, 5.74) is 1.61. The summed E-state index contributed by atoms with van der Waals surface area (Å²) in [6.07, 6.45) is 4.86. The van der Waals surface area contributed by atoms with Crippen LogP contribution in [0.1, 0.15) is 11.3 Å². The van der Waals surface area contributed by atoms with E-state index in [2.05, 4.69) is 0 Å². The molecule has 3 heteroatoms. The fourth-order valence-corrected chi connectivity index (χ4v) is 1.09. The Morgan fingerprint density at radius 1 is 1.55 bits per heavy atom. The zero-order valence-corrected chi connectivity index (χ0v) is 5.86. The van der Waals surface area contributed by atoms with Gasteiger partial charge in [-0.1, -0.05) is 0 Å². The smallest absolute Gasteiger partial charge is 0.237 e. The van der Waals surface area contributed by atoms with Gasteiger partial charge in [0, 0.05) is 11.6 Å². The van der Waals surface area contributed by atoms with Crippen LogP contribution in [0.4, 0.5) is 0 Å². The van der Waals surface area contributed by atoms with E-state index >= 15 is 0 Å². The van der Waals surface area contributed by atoms with E-state index in [1.165, 1.54) is 6.20 Å². The van der Waals surface area contributed by atoms with Crippen LogP contribution >= 0.6 is 0 Å². The van der Waals surface area contributed by atoms with Gasteiger partial charge >= 0.3 is 0 Å². The summed E-state index contributed by atoms with van der Waals surface area (Å²) in [5, 5.41) is 11.1. The largest absolute Gasteiger partial charge is 0.618 e. The Morgan fingerprint density at radius 3 is 3.27 bits per heavy atom. The lowest BCUT2D eigenvalue weighted by Gasteiger charge is -2.10. The van der Waals surface area contributed by atoms with Gasteiger partial charge in [0.15, 0.2) is 12.8 Å².